The standard InChI is InChI=1S/C24H30Cl2N2O2S/c1-16(2)12-27-24(30)18(4)28(13-19-9-10-21(25)22(26)11-19)23(29)15-31-14-20-8-6-5-7-17(20)3/h5-11,16,18H,12-15H2,1-4H3,(H,27,30). The lowest BCUT2D eigenvalue weighted by Gasteiger charge is -2.29. The number of carbonyl (C=O) groups excluding carboxylic acids is 2. The fraction of sp³-hybridized carbons (Fsp3) is 0.417. The van der Waals surface area contributed by atoms with E-state index in [4.69, 9.17) is 23.2 Å². The second kappa shape index (κ2) is 12.4. The van der Waals surface area contributed by atoms with Crippen molar-refractivity contribution < 1.29 is 9.59 Å². The number of rotatable bonds is 10. The molecule has 0 spiro atoms. The van der Waals surface area contributed by atoms with Crippen molar-refractivity contribution in [3.8, 4) is 0 Å². The molecule has 0 aromatic heterocycles. The van der Waals surface area contributed by atoms with Gasteiger partial charge in [-0.3, -0.25) is 9.59 Å². The van der Waals surface area contributed by atoms with E-state index in [1.807, 2.05) is 32.0 Å². The predicted octanol–water partition coefficient (Wildman–Crippen LogP) is 5.72. The first-order valence-electron chi connectivity index (χ1n) is 10.3. The van der Waals surface area contributed by atoms with Gasteiger partial charge in [-0.1, -0.05) is 67.4 Å². The molecule has 2 aromatic carbocycles. The van der Waals surface area contributed by atoms with E-state index in [-0.39, 0.29) is 24.1 Å². The van der Waals surface area contributed by atoms with E-state index in [1.165, 1.54) is 11.1 Å². The minimum atomic E-state index is -0.597. The van der Waals surface area contributed by atoms with Crippen LogP contribution in [0.3, 0.4) is 0 Å². The van der Waals surface area contributed by atoms with Crippen molar-refractivity contribution in [2.45, 2.75) is 46.0 Å². The summed E-state index contributed by atoms with van der Waals surface area (Å²) in [5, 5.41) is 3.81. The Balaban J connectivity index is 2.10. The van der Waals surface area contributed by atoms with E-state index in [0.29, 0.717) is 22.5 Å². The number of amides is 2. The van der Waals surface area contributed by atoms with Crippen molar-refractivity contribution in [1.82, 2.24) is 10.2 Å². The summed E-state index contributed by atoms with van der Waals surface area (Å²) >= 11 is 13.7. The van der Waals surface area contributed by atoms with Crippen LogP contribution in [0.25, 0.3) is 0 Å². The van der Waals surface area contributed by atoms with Crippen LogP contribution in [0.4, 0.5) is 0 Å². The average molecular weight is 481 g/mol. The molecule has 0 aliphatic heterocycles. The maximum absolute atomic E-state index is 13.1. The maximum atomic E-state index is 13.1. The zero-order valence-corrected chi connectivity index (χ0v) is 20.8. The summed E-state index contributed by atoms with van der Waals surface area (Å²) in [6.45, 7) is 8.75. The lowest BCUT2D eigenvalue weighted by atomic mass is 10.1. The molecule has 0 saturated heterocycles. The number of aryl methyl sites for hydroxylation is 1. The molecule has 1 N–H and O–H groups in total. The Morgan fingerprint density at radius 2 is 1.77 bits per heavy atom. The maximum Gasteiger partial charge on any atom is 0.242 e. The molecular formula is C24H30Cl2N2O2S. The van der Waals surface area contributed by atoms with Gasteiger partial charge in [-0.15, -0.1) is 11.8 Å². The molecule has 0 fully saturated rings. The van der Waals surface area contributed by atoms with Gasteiger partial charge in [0.2, 0.25) is 11.8 Å². The van der Waals surface area contributed by atoms with Gasteiger partial charge in [-0.25, -0.2) is 0 Å². The van der Waals surface area contributed by atoms with Crippen molar-refractivity contribution in [3.05, 3.63) is 69.2 Å². The van der Waals surface area contributed by atoms with E-state index >= 15 is 0 Å². The number of benzene rings is 2. The third-order valence-corrected chi connectivity index (χ3v) is 6.64. The lowest BCUT2D eigenvalue weighted by molar-refractivity contribution is -0.138. The highest BCUT2D eigenvalue weighted by atomic mass is 35.5. The molecule has 0 radical (unpaired) electrons. The van der Waals surface area contributed by atoms with Crippen molar-refractivity contribution >= 4 is 46.8 Å². The molecule has 2 amide bonds. The second-order valence-corrected chi connectivity index (χ2v) is 9.80. The molecule has 7 heteroatoms. The van der Waals surface area contributed by atoms with Gasteiger partial charge in [0.25, 0.3) is 0 Å². The van der Waals surface area contributed by atoms with E-state index in [2.05, 4.69) is 24.4 Å². The fourth-order valence-electron chi connectivity index (χ4n) is 2.97. The van der Waals surface area contributed by atoms with Crippen molar-refractivity contribution in [3.63, 3.8) is 0 Å². The molecule has 2 aromatic rings. The highest BCUT2D eigenvalue weighted by Crippen LogP contribution is 2.24. The number of nitrogens with one attached hydrogen (secondary N) is 1. The fourth-order valence-corrected chi connectivity index (χ4v) is 4.28. The van der Waals surface area contributed by atoms with Crippen molar-refractivity contribution in [1.29, 1.82) is 0 Å². The van der Waals surface area contributed by atoms with E-state index in [1.54, 1.807) is 35.7 Å². The first kappa shape index (κ1) is 25.6. The molecule has 0 aliphatic rings. The Morgan fingerprint density at radius 1 is 1.06 bits per heavy atom. The number of halogens is 2. The molecule has 1 atom stereocenters. The minimum absolute atomic E-state index is 0.0862. The SMILES string of the molecule is Cc1ccccc1CSCC(=O)N(Cc1ccc(Cl)c(Cl)c1)C(C)C(=O)NCC(C)C. The summed E-state index contributed by atoms with van der Waals surface area (Å²) in [7, 11) is 0. The highest BCUT2D eigenvalue weighted by molar-refractivity contribution is 7.99. The molecule has 4 nitrogen and oxygen atoms in total. The minimum Gasteiger partial charge on any atom is -0.354 e. The lowest BCUT2D eigenvalue weighted by Crippen LogP contribution is -2.48. The van der Waals surface area contributed by atoms with E-state index < -0.39 is 6.04 Å². The first-order chi connectivity index (χ1) is 14.7. The summed E-state index contributed by atoms with van der Waals surface area (Å²) in [5.41, 5.74) is 3.24. The third kappa shape index (κ3) is 8.06. The summed E-state index contributed by atoms with van der Waals surface area (Å²) in [5.74, 6) is 1.12. The third-order valence-electron chi connectivity index (χ3n) is 4.93. The zero-order valence-electron chi connectivity index (χ0n) is 18.5. The van der Waals surface area contributed by atoms with Crippen LogP contribution in [-0.2, 0) is 21.9 Å². The van der Waals surface area contributed by atoms with Crippen LogP contribution >= 0.6 is 35.0 Å². The number of nitrogens with zero attached hydrogens (tertiary/aromatic N) is 1. The summed E-state index contributed by atoms with van der Waals surface area (Å²) < 4.78 is 0. The highest BCUT2D eigenvalue weighted by Gasteiger charge is 2.26. The number of hydrogen-bond acceptors (Lipinski definition) is 3. The number of thioether (sulfide) groups is 1. The van der Waals surface area contributed by atoms with Gasteiger partial charge in [0, 0.05) is 18.8 Å². The van der Waals surface area contributed by atoms with Gasteiger partial charge < -0.3 is 10.2 Å². The Kier molecular flexibility index (Phi) is 10.2. The van der Waals surface area contributed by atoms with Gasteiger partial charge in [-0.2, -0.15) is 0 Å². The summed E-state index contributed by atoms with van der Waals surface area (Å²) in [6.07, 6.45) is 0. The van der Waals surface area contributed by atoms with Gasteiger partial charge in [0.15, 0.2) is 0 Å². The van der Waals surface area contributed by atoms with Gasteiger partial charge >= 0.3 is 0 Å². The van der Waals surface area contributed by atoms with Crippen LogP contribution in [0.5, 0.6) is 0 Å². The molecule has 0 heterocycles. The zero-order chi connectivity index (χ0) is 23.0. The van der Waals surface area contributed by atoms with Crippen LogP contribution in [0.2, 0.25) is 10.0 Å². The van der Waals surface area contributed by atoms with Crippen LogP contribution in [-0.4, -0.2) is 35.1 Å². The van der Waals surface area contributed by atoms with E-state index in [9.17, 15) is 9.59 Å². The largest absolute Gasteiger partial charge is 0.354 e. The Morgan fingerprint density at radius 3 is 2.42 bits per heavy atom. The molecule has 31 heavy (non-hydrogen) atoms. The van der Waals surface area contributed by atoms with Crippen LogP contribution in [0.1, 0.15) is 37.5 Å². The molecule has 0 bridgehead atoms. The Hall–Kier alpha value is -1.69. The van der Waals surface area contributed by atoms with E-state index in [0.717, 1.165) is 11.3 Å². The first-order valence-corrected chi connectivity index (χ1v) is 12.2. The van der Waals surface area contributed by atoms with Gasteiger partial charge in [0.1, 0.15) is 6.04 Å². The van der Waals surface area contributed by atoms with Crippen LogP contribution in [0.15, 0.2) is 42.5 Å². The smallest absolute Gasteiger partial charge is 0.242 e. The quantitative estimate of drug-likeness (QED) is 0.472. The predicted molar refractivity (Wildman–Crippen MR) is 132 cm³/mol. The monoisotopic (exact) mass is 480 g/mol. The molecule has 168 valence electrons. The van der Waals surface area contributed by atoms with Crippen molar-refractivity contribution in [2.24, 2.45) is 5.92 Å². The topological polar surface area (TPSA) is 49.4 Å². The Labute approximate surface area is 199 Å². The average Bonchev–Trinajstić information content (AvgIpc) is 2.73. The molecule has 1 unspecified atom stereocenters. The molecule has 0 saturated carbocycles. The molecule has 2 rings (SSSR count). The summed E-state index contributed by atoms with van der Waals surface area (Å²) in [6, 6.07) is 12.8. The van der Waals surface area contributed by atoms with Gasteiger partial charge in [-0.05, 0) is 48.6 Å². The number of hydrogen-bond donors (Lipinski definition) is 1. The summed E-state index contributed by atoms with van der Waals surface area (Å²) in [4.78, 5) is 27.4. The van der Waals surface area contributed by atoms with Crippen molar-refractivity contribution in [2.75, 3.05) is 12.3 Å². The van der Waals surface area contributed by atoms with Crippen LogP contribution in [0, 0.1) is 12.8 Å². The normalized spacial score (nSPS) is 12.0. The second-order valence-electron chi connectivity index (χ2n) is 8.00. The van der Waals surface area contributed by atoms with Crippen LogP contribution < -0.4 is 5.32 Å². The molecular weight excluding hydrogens is 451 g/mol. The molecule has 0 aliphatic carbocycles. The Bertz CT molecular complexity index is 905. The number of carbonyl (C=O) groups is 2. The van der Waals surface area contributed by atoms with Gasteiger partial charge in [0.05, 0.1) is 15.8 Å².